The van der Waals surface area contributed by atoms with Crippen molar-refractivity contribution in [3.8, 4) is 0 Å². The van der Waals surface area contributed by atoms with E-state index in [0.717, 1.165) is 19.3 Å². The van der Waals surface area contributed by atoms with Crippen LogP contribution >= 0.6 is 0 Å². The Morgan fingerprint density at radius 1 is 1.41 bits per heavy atom. The molecule has 0 bridgehead atoms. The fraction of sp³-hybridized carbons (Fsp3) is 0.833. The first-order valence-electron chi connectivity index (χ1n) is 6.30. The third kappa shape index (κ3) is 4.34. The van der Waals surface area contributed by atoms with Crippen molar-refractivity contribution in [1.29, 1.82) is 0 Å². The number of carboxylic acid groups (broad SMARTS) is 1. The molecule has 3 atom stereocenters. The minimum atomic E-state index is -0.803. The zero-order chi connectivity index (χ0) is 12.8. The molecule has 0 aromatic carbocycles. The van der Waals surface area contributed by atoms with Gasteiger partial charge in [-0.25, -0.2) is 0 Å². The Bertz CT molecular complexity index is 281. The maximum absolute atomic E-state index is 11.6. The number of hydrogen-bond acceptors (Lipinski definition) is 3. The zero-order valence-corrected chi connectivity index (χ0v) is 10.5. The van der Waals surface area contributed by atoms with Crippen LogP contribution in [0.3, 0.4) is 0 Å². The Labute approximate surface area is 102 Å². The fourth-order valence-corrected chi connectivity index (χ4v) is 2.10. The molecule has 0 aromatic heterocycles. The highest BCUT2D eigenvalue weighted by Gasteiger charge is 2.33. The second-order valence-electron chi connectivity index (χ2n) is 4.74. The minimum absolute atomic E-state index is 0.108. The highest BCUT2D eigenvalue weighted by Crippen LogP contribution is 2.25. The Morgan fingerprint density at radius 3 is 2.71 bits per heavy atom. The van der Waals surface area contributed by atoms with Crippen LogP contribution in [0, 0.1) is 5.92 Å². The van der Waals surface area contributed by atoms with Gasteiger partial charge in [-0.3, -0.25) is 9.59 Å². The number of amides is 1. The van der Waals surface area contributed by atoms with Crippen LogP contribution in [0.15, 0.2) is 0 Å². The summed E-state index contributed by atoms with van der Waals surface area (Å²) < 4.78 is 0. The van der Waals surface area contributed by atoms with Crippen molar-refractivity contribution in [1.82, 2.24) is 10.6 Å². The fourth-order valence-electron chi connectivity index (χ4n) is 2.10. The lowest BCUT2D eigenvalue weighted by Crippen LogP contribution is -2.45. The first-order chi connectivity index (χ1) is 8.04. The summed E-state index contributed by atoms with van der Waals surface area (Å²) in [7, 11) is 0. The first-order valence-corrected chi connectivity index (χ1v) is 6.30. The lowest BCUT2D eigenvalue weighted by molar-refractivity contribution is -0.142. The molecule has 5 heteroatoms. The van der Waals surface area contributed by atoms with Crippen LogP contribution in [0.5, 0.6) is 0 Å². The highest BCUT2D eigenvalue weighted by atomic mass is 16.4. The third-order valence-corrected chi connectivity index (χ3v) is 3.40. The van der Waals surface area contributed by atoms with Crippen LogP contribution in [-0.2, 0) is 9.59 Å². The van der Waals surface area contributed by atoms with Crippen LogP contribution in [0.1, 0.15) is 39.5 Å². The topological polar surface area (TPSA) is 78.4 Å². The summed E-state index contributed by atoms with van der Waals surface area (Å²) in [6.07, 6.45) is 3.28. The molecule has 0 aliphatic heterocycles. The number of rotatable bonds is 6. The van der Waals surface area contributed by atoms with Gasteiger partial charge in [0.05, 0.1) is 12.5 Å². The van der Waals surface area contributed by atoms with Crippen molar-refractivity contribution >= 4 is 11.9 Å². The van der Waals surface area contributed by atoms with Gasteiger partial charge in [0.25, 0.3) is 0 Å². The standard InChI is InChI=1S/C12H22N2O3/c1-3-8(2)13-7-11(15)14-10-6-4-5-9(10)12(16)17/h8-10,13H,3-7H2,1-2H3,(H,14,15)(H,16,17). The molecule has 3 unspecified atom stereocenters. The summed E-state index contributed by atoms with van der Waals surface area (Å²) in [5.41, 5.74) is 0. The van der Waals surface area contributed by atoms with Crippen LogP contribution in [0.25, 0.3) is 0 Å². The maximum atomic E-state index is 11.6. The van der Waals surface area contributed by atoms with Gasteiger partial charge in [-0.15, -0.1) is 0 Å². The molecule has 98 valence electrons. The minimum Gasteiger partial charge on any atom is -0.481 e. The number of carbonyl (C=O) groups is 2. The monoisotopic (exact) mass is 242 g/mol. The van der Waals surface area contributed by atoms with E-state index >= 15 is 0 Å². The van der Waals surface area contributed by atoms with Gasteiger partial charge in [0.15, 0.2) is 0 Å². The molecule has 0 spiro atoms. The predicted molar refractivity (Wildman–Crippen MR) is 64.7 cm³/mol. The zero-order valence-electron chi connectivity index (χ0n) is 10.5. The average molecular weight is 242 g/mol. The molecule has 1 rings (SSSR count). The summed E-state index contributed by atoms with van der Waals surface area (Å²) in [4.78, 5) is 22.6. The van der Waals surface area contributed by atoms with E-state index in [4.69, 9.17) is 5.11 Å². The molecule has 1 amide bonds. The molecule has 1 fully saturated rings. The van der Waals surface area contributed by atoms with Gasteiger partial charge in [0, 0.05) is 12.1 Å². The van der Waals surface area contributed by atoms with Crippen LogP contribution < -0.4 is 10.6 Å². The first kappa shape index (κ1) is 14.0. The molecule has 0 radical (unpaired) electrons. The lowest BCUT2D eigenvalue weighted by atomic mass is 10.0. The molecule has 0 saturated heterocycles. The van der Waals surface area contributed by atoms with E-state index in [2.05, 4.69) is 10.6 Å². The van der Waals surface area contributed by atoms with Crippen molar-refractivity contribution in [3.05, 3.63) is 0 Å². The van der Waals surface area contributed by atoms with Gasteiger partial charge in [-0.05, 0) is 26.2 Å². The molecule has 1 aliphatic carbocycles. The van der Waals surface area contributed by atoms with E-state index in [1.54, 1.807) is 0 Å². The molecular formula is C12H22N2O3. The number of hydrogen-bond donors (Lipinski definition) is 3. The Balaban J connectivity index is 2.33. The normalized spacial score (nSPS) is 25.5. The SMILES string of the molecule is CCC(C)NCC(=O)NC1CCCC1C(=O)O. The number of carboxylic acids is 1. The summed E-state index contributed by atoms with van der Waals surface area (Å²) in [5, 5.41) is 14.9. The predicted octanol–water partition coefficient (Wildman–Crippen LogP) is 0.744. The largest absolute Gasteiger partial charge is 0.481 e. The maximum Gasteiger partial charge on any atom is 0.308 e. The molecule has 3 N–H and O–H groups in total. The highest BCUT2D eigenvalue weighted by molar-refractivity contribution is 5.80. The van der Waals surface area contributed by atoms with Crippen LogP contribution in [0.2, 0.25) is 0 Å². The van der Waals surface area contributed by atoms with Crippen LogP contribution in [0.4, 0.5) is 0 Å². The van der Waals surface area contributed by atoms with Crippen molar-refractivity contribution in [3.63, 3.8) is 0 Å². The van der Waals surface area contributed by atoms with E-state index in [9.17, 15) is 9.59 Å². The summed E-state index contributed by atoms with van der Waals surface area (Å²) in [5.74, 6) is -1.33. The second-order valence-corrected chi connectivity index (χ2v) is 4.74. The van der Waals surface area contributed by atoms with Crippen molar-refractivity contribution < 1.29 is 14.7 Å². The van der Waals surface area contributed by atoms with Crippen molar-refractivity contribution in [2.45, 2.75) is 51.6 Å². The Kier molecular flexibility index (Phi) is 5.41. The van der Waals surface area contributed by atoms with E-state index in [0.29, 0.717) is 12.5 Å². The average Bonchev–Trinajstić information content (AvgIpc) is 2.74. The van der Waals surface area contributed by atoms with Crippen LogP contribution in [-0.4, -0.2) is 35.6 Å². The van der Waals surface area contributed by atoms with E-state index in [1.165, 1.54) is 0 Å². The summed E-state index contributed by atoms with van der Waals surface area (Å²) >= 11 is 0. The lowest BCUT2D eigenvalue weighted by Gasteiger charge is -2.18. The third-order valence-electron chi connectivity index (χ3n) is 3.40. The smallest absolute Gasteiger partial charge is 0.308 e. The van der Waals surface area contributed by atoms with Crippen molar-refractivity contribution in [2.75, 3.05) is 6.54 Å². The Morgan fingerprint density at radius 2 is 2.12 bits per heavy atom. The van der Waals surface area contributed by atoms with E-state index in [-0.39, 0.29) is 18.5 Å². The molecule has 5 nitrogen and oxygen atoms in total. The molecular weight excluding hydrogens is 220 g/mol. The van der Waals surface area contributed by atoms with Gasteiger partial charge in [-0.2, -0.15) is 0 Å². The van der Waals surface area contributed by atoms with Gasteiger partial charge < -0.3 is 15.7 Å². The summed E-state index contributed by atoms with van der Waals surface area (Å²) in [6.45, 7) is 4.33. The Hall–Kier alpha value is -1.10. The van der Waals surface area contributed by atoms with Gasteiger partial charge in [0.2, 0.25) is 5.91 Å². The number of aliphatic carboxylic acids is 1. The molecule has 1 saturated carbocycles. The number of nitrogens with one attached hydrogen (secondary N) is 2. The summed E-state index contributed by atoms with van der Waals surface area (Å²) in [6, 6.07) is 0.110. The quantitative estimate of drug-likeness (QED) is 0.642. The van der Waals surface area contributed by atoms with Gasteiger partial charge >= 0.3 is 5.97 Å². The molecule has 1 aliphatic rings. The van der Waals surface area contributed by atoms with E-state index < -0.39 is 11.9 Å². The number of carbonyl (C=O) groups excluding carboxylic acids is 1. The molecule has 0 heterocycles. The molecule has 0 aromatic rings. The molecule has 17 heavy (non-hydrogen) atoms. The van der Waals surface area contributed by atoms with Gasteiger partial charge in [-0.1, -0.05) is 13.3 Å². The second kappa shape index (κ2) is 6.59. The van der Waals surface area contributed by atoms with Gasteiger partial charge in [0.1, 0.15) is 0 Å². The van der Waals surface area contributed by atoms with E-state index in [1.807, 2.05) is 13.8 Å². The van der Waals surface area contributed by atoms with Crippen molar-refractivity contribution in [2.24, 2.45) is 5.92 Å².